The van der Waals surface area contributed by atoms with Gasteiger partial charge in [-0.15, -0.1) is 21.5 Å². The van der Waals surface area contributed by atoms with Crippen molar-refractivity contribution in [3.8, 4) is 0 Å². The molecule has 43 heavy (non-hydrogen) atoms. The van der Waals surface area contributed by atoms with Crippen molar-refractivity contribution in [2.75, 3.05) is 19.6 Å². The van der Waals surface area contributed by atoms with Crippen LogP contribution in [0, 0.1) is 0 Å². The normalized spacial score (nSPS) is 19.8. The molecule has 2 unspecified atom stereocenters. The summed E-state index contributed by atoms with van der Waals surface area (Å²) in [6.07, 6.45) is 0.686. The van der Waals surface area contributed by atoms with Crippen molar-refractivity contribution in [3.05, 3.63) is 51.2 Å². The number of piperazine rings is 1. The first-order valence-electron chi connectivity index (χ1n) is 13.3. The zero-order chi connectivity index (χ0) is 30.3. The molecule has 4 aromatic rings. The van der Waals surface area contributed by atoms with E-state index in [0.29, 0.717) is 29.4 Å². The summed E-state index contributed by atoms with van der Waals surface area (Å²) < 4.78 is 28.7. The van der Waals surface area contributed by atoms with Crippen LogP contribution >= 0.6 is 11.3 Å². The molecular weight excluding hydrogens is 600 g/mol. The molecular formula is C24H28N12O5S2. The summed E-state index contributed by atoms with van der Waals surface area (Å²) in [4.78, 5) is 37.0. The number of aromatic amines is 2. The van der Waals surface area contributed by atoms with E-state index >= 15 is 0 Å². The minimum atomic E-state index is -4.12. The predicted octanol–water partition coefficient (Wildman–Crippen LogP) is -0.902. The number of nitrogens with zero attached hydrogens (tertiary/aromatic N) is 7. The summed E-state index contributed by atoms with van der Waals surface area (Å²) in [6, 6.07) is 5.36. The number of fused-ring (bicyclic) bond motifs is 2. The lowest BCUT2D eigenvalue weighted by Crippen LogP contribution is -2.61. The highest BCUT2D eigenvalue weighted by Crippen LogP contribution is 2.28. The molecule has 1 saturated heterocycles. The van der Waals surface area contributed by atoms with Gasteiger partial charge in [-0.25, -0.2) is 13.4 Å². The van der Waals surface area contributed by atoms with Crippen molar-refractivity contribution in [2.24, 2.45) is 10.9 Å². The molecule has 2 aliphatic heterocycles. The third-order valence-corrected chi connectivity index (χ3v) is 10.3. The average Bonchev–Trinajstić information content (AvgIpc) is 3.78. The van der Waals surface area contributed by atoms with Crippen LogP contribution in [0.15, 0.2) is 34.4 Å². The summed E-state index contributed by atoms with van der Waals surface area (Å²) >= 11 is 1.28. The second-order valence-electron chi connectivity index (χ2n) is 10.2. The average molecular weight is 629 g/mol. The highest BCUT2D eigenvalue weighted by molar-refractivity contribution is 7.89. The Morgan fingerprint density at radius 2 is 2.12 bits per heavy atom. The number of amides is 2. The van der Waals surface area contributed by atoms with Gasteiger partial charge in [0.2, 0.25) is 5.91 Å². The lowest BCUT2D eigenvalue weighted by Gasteiger charge is -2.39. The van der Waals surface area contributed by atoms with Crippen molar-refractivity contribution < 1.29 is 23.2 Å². The number of oxime groups is 1. The number of nitrogens with one attached hydrogen (secondary N) is 4. The fourth-order valence-electron chi connectivity index (χ4n) is 5.10. The first kappa shape index (κ1) is 28.6. The van der Waals surface area contributed by atoms with Gasteiger partial charge in [0.15, 0.2) is 16.7 Å². The lowest BCUT2D eigenvalue weighted by atomic mass is 10.1. The molecule has 1 aromatic carbocycles. The maximum Gasteiger partial charge on any atom is 0.283 e. The first-order chi connectivity index (χ1) is 20.6. The molecule has 1 fully saturated rings. The molecule has 0 aliphatic carbocycles. The number of hydrogen-bond donors (Lipinski definition) is 6. The number of carbonyl (C=O) groups is 2. The second-order valence-corrected chi connectivity index (χ2v) is 13.2. The molecule has 6 rings (SSSR count). The van der Waals surface area contributed by atoms with Gasteiger partial charge in [-0.3, -0.25) is 9.59 Å². The van der Waals surface area contributed by atoms with Gasteiger partial charge in [-0.2, -0.15) is 9.52 Å². The Kier molecular flexibility index (Phi) is 7.54. The predicted molar refractivity (Wildman–Crippen MR) is 153 cm³/mol. The fraction of sp³-hybridized carbons (Fsp3) is 0.375. The Morgan fingerprint density at radius 3 is 2.88 bits per heavy atom. The molecule has 19 heteroatoms. The van der Waals surface area contributed by atoms with Crippen molar-refractivity contribution in [1.29, 1.82) is 0 Å². The molecule has 2 atom stereocenters. The molecule has 7 N–H and O–H groups in total. The minimum absolute atomic E-state index is 0.0366. The van der Waals surface area contributed by atoms with Crippen LogP contribution in [0.1, 0.15) is 38.7 Å². The molecule has 226 valence electrons. The maximum absolute atomic E-state index is 13.8. The number of amidine groups is 1. The molecule has 0 radical (unpaired) electrons. The molecule has 2 aliphatic rings. The number of benzene rings is 1. The Morgan fingerprint density at radius 1 is 1.28 bits per heavy atom. The largest absolute Gasteiger partial charge is 0.409 e. The maximum atomic E-state index is 13.8. The van der Waals surface area contributed by atoms with E-state index in [2.05, 4.69) is 46.4 Å². The van der Waals surface area contributed by atoms with Crippen LogP contribution in [-0.2, 0) is 34.3 Å². The number of nitrogens with two attached hydrogens (primary N) is 1. The number of tetrazole rings is 1. The van der Waals surface area contributed by atoms with Crippen molar-refractivity contribution in [1.82, 2.24) is 50.4 Å². The number of thiazole rings is 1. The Balaban J connectivity index is 1.27. The Labute approximate surface area is 248 Å². The standard InChI is InChI=1S/C24H28N12O5S2/c1-12-6-16-18(9-26-12)42-23(29-16)24(38)36-5-4-35(11-17(36)22(37)27-10-19-30-33-34-31-19)43(40,41)20-8-13-2-3-14(21(25)32-39)7-15(13)28-20/h2-3,7-8,12,17,26,28,39H,4-6,9-11H2,1H3,(H2,25,32)(H,27,37)(H,30,31,33,34). The molecule has 0 bridgehead atoms. The van der Waals surface area contributed by atoms with Gasteiger partial charge in [-0.1, -0.05) is 22.5 Å². The SMILES string of the molecule is CC1Cc2nc(C(=O)N3CCN(S(=O)(=O)c4cc5ccc(/C(N)=N\O)cc5[nH]4)CC3C(=O)NCc3nn[nH]n3)sc2CN1. The van der Waals surface area contributed by atoms with Crippen LogP contribution in [0.5, 0.6) is 0 Å². The van der Waals surface area contributed by atoms with E-state index in [4.69, 9.17) is 10.9 Å². The van der Waals surface area contributed by atoms with Crippen molar-refractivity contribution in [3.63, 3.8) is 0 Å². The van der Waals surface area contributed by atoms with Gasteiger partial charge in [0.1, 0.15) is 11.1 Å². The Hall–Kier alpha value is -4.46. The van der Waals surface area contributed by atoms with Gasteiger partial charge < -0.3 is 31.5 Å². The van der Waals surface area contributed by atoms with E-state index in [0.717, 1.165) is 10.6 Å². The number of aromatic nitrogens is 6. The third kappa shape index (κ3) is 5.54. The molecule has 0 spiro atoms. The molecule has 2 amide bonds. The fourth-order valence-corrected chi connectivity index (χ4v) is 7.55. The first-order valence-corrected chi connectivity index (χ1v) is 15.5. The van der Waals surface area contributed by atoms with E-state index < -0.39 is 27.9 Å². The highest BCUT2D eigenvalue weighted by atomic mass is 32.2. The van der Waals surface area contributed by atoms with E-state index in [1.54, 1.807) is 18.2 Å². The number of rotatable bonds is 7. The van der Waals surface area contributed by atoms with Crippen LogP contribution in [0.4, 0.5) is 0 Å². The van der Waals surface area contributed by atoms with E-state index in [1.807, 2.05) is 6.92 Å². The van der Waals surface area contributed by atoms with Crippen molar-refractivity contribution in [2.45, 2.75) is 43.5 Å². The number of hydrogen-bond acceptors (Lipinski definition) is 12. The van der Waals surface area contributed by atoms with Crippen LogP contribution < -0.4 is 16.4 Å². The Bertz CT molecular complexity index is 1820. The lowest BCUT2D eigenvalue weighted by molar-refractivity contribution is -0.127. The topological polar surface area (TPSA) is 241 Å². The molecule has 17 nitrogen and oxygen atoms in total. The zero-order valence-electron chi connectivity index (χ0n) is 22.8. The number of sulfonamides is 1. The van der Waals surface area contributed by atoms with Gasteiger partial charge in [0.05, 0.1) is 12.2 Å². The summed E-state index contributed by atoms with van der Waals surface area (Å²) in [5.41, 5.74) is 7.40. The van der Waals surface area contributed by atoms with E-state index in [9.17, 15) is 18.0 Å². The number of H-pyrrole nitrogens is 2. The smallest absolute Gasteiger partial charge is 0.283 e. The van der Waals surface area contributed by atoms with Gasteiger partial charge in [-0.05, 0) is 19.1 Å². The second kappa shape index (κ2) is 11.3. The summed E-state index contributed by atoms with van der Waals surface area (Å²) in [5, 5.41) is 32.2. The summed E-state index contributed by atoms with van der Waals surface area (Å²) in [7, 11) is -4.12. The van der Waals surface area contributed by atoms with Crippen LogP contribution in [0.3, 0.4) is 0 Å². The highest BCUT2D eigenvalue weighted by Gasteiger charge is 2.41. The minimum Gasteiger partial charge on any atom is -0.409 e. The monoisotopic (exact) mass is 628 g/mol. The number of carbonyl (C=O) groups excluding carboxylic acids is 2. The van der Waals surface area contributed by atoms with E-state index in [-0.39, 0.29) is 53.9 Å². The quantitative estimate of drug-likeness (QED) is 0.0634. The summed E-state index contributed by atoms with van der Waals surface area (Å²) in [5.74, 6) is -0.909. The molecule has 5 heterocycles. The van der Waals surface area contributed by atoms with Crippen LogP contribution in [-0.4, -0.2) is 103 Å². The van der Waals surface area contributed by atoms with Crippen LogP contribution in [0.25, 0.3) is 10.9 Å². The third-order valence-electron chi connectivity index (χ3n) is 7.41. The molecule has 3 aromatic heterocycles. The van der Waals surface area contributed by atoms with Crippen molar-refractivity contribution >= 4 is 49.9 Å². The van der Waals surface area contributed by atoms with Crippen LogP contribution in [0.2, 0.25) is 0 Å². The molecule has 0 saturated carbocycles. The zero-order valence-corrected chi connectivity index (χ0v) is 24.4. The van der Waals surface area contributed by atoms with Gasteiger partial charge >= 0.3 is 0 Å². The van der Waals surface area contributed by atoms with Gasteiger partial charge in [0, 0.05) is 60.0 Å². The van der Waals surface area contributed by atoms with Gasteiger partial charge in [0.25, 0.3) is 15.9 Å². The van der Waals surface area contributed by atoms with E-state index in [1.165, 1.54) is 26.6 Å². The summed E-state index contributed by atoms with van der Waals surface area (Å²) in [6.45, 7) is 2.20.